The van der Waals surface area contributed by atoms with Gasteiger partial charge in [0.1, 0.15) is 0 Å². The Kier molecular flexibility index (Phi) is 3.33. The number of alkyl halides is 2. The smallest absolute Gasteiger partial charge is 0.248 e. The van der Waals surface area contributed by atoms with E-state index >= 15 is 0 Å². The Labute approximate surface area is 75.2 Å². The molecule has 0 aromatic rings. The molecule has 13 heavy (non-hydrogen) atoms. The molecule has 5 heteroatoms. The molecule has 0 aromatic heterocycles. The molecule has 1 aliphatic carbocycles. The normalized spacial score (nSPS) is 23.2. The number of carbonyl (C=O) groups excluding carboxylic acids is 1. The lowest BCUT2D eigenvalue weighted by Gasteiger charge is -2.27. The van der Waals surface area contributed by atoms with E-state index in [2.05, 4.69) is 10.5 Å². The van der Waals surface area contributed by atoms with Gasteiger partial charge in [-0.25, -0.2) is 8.78 Å². The van der Waals surface area contributed by atoms with E-state index in [4.69, 9.17) is 0 Å². The third kappa shape index (κ3) is 3.48. The molecule has 0 heterocycles. The van der Waals surface area contributed by atoms with Crippen molar-refractivity contribution in [1.82, 2.24) is 5.43 Å². The summed E-state index contributed by atoms with van der Waals surface area (Å²) in [5.41, 5.74) is 2.67. The van der Waals surface area contributed by atoms with Gasteiger partial charge in [-0.1, -0.05) is 0 Å². The summed E-state index contributed by atoms with van der Waals surface area (Å²) >= 11 is 0. The van der Waals surface area contributed by atoms with Crippen molar-refractivity contribution >= 4 is 12.5 Å². The fourth-order valence-electron chi connectivity index (χ4n) is 1.35. The molecule has 1 aliphatic rings. The minimum absolute atomic E-state index is 0.0178. The highest BCUT2D eigenvalue weighted by Gasteiger charge is 2.34. The van der Waals surface area contributed by atoms with Gasteiger partial charge < -0.3 is 5.43 Å². The minimum atomic E-state index is -2.51. The Bertz CT molecular complexity index is 196. The summed E-state index contributed by atoms with van der Waals surface area (Å²) < 4.78 is 25.3. The molecule has 1 saturated carbocycles. The molecule has 1 rings (SSSR count). The monoisotopic (exact) mass is 190 g/mol. The van der Waals surface area contributed by atoms with Crippen molar-refractivity contribution in [3.05, 3.63) is 0 Å². The van der Waals surface area contributed by atoms with E-state index in [0.717, 1.165) is 6.21 Å². The van der Waals surface area contributed by atoms with Gasteiger partial charge in [0, 0.05) is 18.9 Å². The minimum Gasteiger partial charge on any atom is -0.307 e. The predicted molar refractivity (Wildman–Crippen MR) is 44.9 cm³/mol. The van der Waals surface area contributed by atoms with Crippen LogP contribution in [0.5, 0.6) is 0 Å². The Morgan fingerprint density at radius 2 is 2.00 bits per heavy atom. The lowest BCUT2D eigenvalue weighted by Crippen LogP contribution is -2.34. The Morgan fingerprint density at radius 3 is 2.54 bits per heavy atom. The van der Waals surface area contributed by atoms with Crippen LogP contribution in [0.3, 0.4) is 0 Å². The highest BCUT2D eigenvalue weighted by Crippen LogP contribution is 2.32. The van der Waals surface area contributed by atoms with Crippen molar-refractivity contribution in [1.29, 1.82) is 0 Å². The van der Waals surface area contributed by atoms with Crippen LogP contribution in [0, 0.1) is 0 Å². The molecule has 1 fully saturated rings. The second-order valence-corrected chi connectivity index (χ2v) is 3.17. The largest absolute Gasteiger partial charge is 0.307 e. The van der Waals surface area contributed by atoms with Crippen LogP contribution in [0.2, 0.25) is 0 Å². The van der Waals surface area contributed by atoms with Crippen molar-refractivity contribution in [2.24, 2.45) is 5.10 Å². The SMILES string of the molecule is O=C/C=N/NC1CCC(F)(F)CC1. The van der Waals surface area contributed by atoms with Crippen LogP contribution in [0.4, 0.5) is 8.78 Å². The van der Waals surface area contributed by atoms with Crippen LogP contribution in [0.15, 0.2) is 5.10 Å². The second kappa shape index (κ2) is 4.30. The molecule has 0 amide bonds. The third-order valence-electron chi connectivity index (χ3n) is 2.11. The van der Waals surface area contributed by atoms with Gasteiger partial charge in [-0.15, -0.1) is 0 Å². The van der Waals surface area contributed by atoms with Crippen molar-refractivity contribution in [2.45, 2.75) is 37.6 Å². The van der Waals surface area contributed by atoms with Crippen LogP contribution in [-0.2, 0) is 4.79 Å². The number of nitrogens with zero attached hydrogens (tertiary/aromatic N) is 1. The summed E-state index contributed by atoms with van der Waals surface area (Å²) in [6.45, 7) is 0. The van der Waals surface area contributed by atoms with E-state index in [1.165, 1.54) is 0 Å². The molecule has 74 valence electrons. The number of hydrogen-bond donors (Lipinski definition) is 1. The molecule has 1 N–H and O–H groups in total. The highest BCUT2D eigenvalue weighted by molar-refractivity contribution is 6.12. The third-order valence-corrected chi connectivity index (χ3v) is 2.11. The molecule has 0 aromatic carbocycles. The van der Waals surface area contributed by atoms with E-state index in [-0.39, 0.29) is 18.9 Å². The topological polar surface area (TPSA) is 41.5 Å². The molecule has 0 spiro atoms. The van der Waals surface area contributed by atoms with Crippen LogP contribution < -0.4 is 5.43 Å². The molecule has 3 nitrogen and oxygen atoms in total. The molecule has 0 atom stereocenters. The lowest BCUT2D eigenvalue weighted by atomic mass is 9.93. The van der Waals surface area contributed by atoms with Crippen LogP contribution >= 0.6 is 0 Å². The average Bonchev–Trinajstić information content (AvgIpc) is 2.08. The second-order valence-electron chi connectivity index (χ2n) is 3.17. The molecule has 0 bridgehead atoms. The first-order valence-corrected chi connectivity index (χ1v) is 4.24. The van der Waals surface area contributed by atoms with Gasteiger partial charge in [0.25, 0.3) is 0 Å². The zero-order valence-corrected chi connectivity index (χ0v) is 7.17. The maximum Gasteiger partial charge on any atom is 0.248 e. The fraction of sp³-hybridized carbons (Fsp3) is 0.750. The number of carbonyl (C=O) groups is 1. The number of rotatable bonds is 3. The summed E-state index contributed by atoms with van der Waals surface area (Å²) in [6.07, 6.45) is 2.24. The van der Waals surface area contributed by atoms with Gasteiger partial charge in [-0.3, -0.25) is 4.79 Å². The van der Waals surface area contributed by atoms with E-state index in [1.807, 2.05) is 0 Å². The Morgan fingerprint density at radius 1 is 1.38 bits per heavy atom. The molecular weight excluding hydrogens is 178 g/mol. The number of aldehydes is 1. The predicted octanol–water partition coefficient (Wildman–Crippen LogP) is 1.34. The molecule has 0 aliphatic heterocycles. The first-order chi connectivity index (χ1) is 6.14. The van der Waals surface area contributed by atoms with Gasteiger partial charge in [-0.2, -0.15) is 5.10 Å². The zero-order valence-electron chi connectivity index (χ0n) is 7.17. The standard InChI is InChI=1S/C8H12F2N2O/c9-8(10)3-1-7(2-4-8)12-11-5-6-13/h5-7,12H,1-4H2/b11-5+. The van der Waals surface area contributed by atoms with Crippen LogP contribution in [0.25, 0.3) is 0 Å². The first-order valence-electron chi connectivity index (χ1n) is 4.24. The molecular formula is C8H12F2N2O. The molecule has 0 radical (unpaired) electrons. The van der Waals surface area contributed by atoms with Crippen molar-refractivity contribution in [3.8, 4) is 0 Å². The number of hydrogen-bond acceptors (Lipinski definition) is 3. The quantitative estimate of drug-likeness (QED) is 0.414. The first kappa shape index (κ1) is 10.1. The fourth-order valence-corrected chi connectivity index (χ4v) is 1.35. The maximum atomic E-state index is 12.6. The lowest BCUT2D eigenvalue weighted by molar-refractivity contribution is -0.102. The highest BCUT2D eigenvalue weighted by atomic mass is 19.3. The van der Waals surface area contributed by atoms with Crippen molar-refractivity contribution in [3.63, 3.8) is 0 Å². The molecule has 0 unspecified atom stereocenters. The van der Waals surface area contributed by atoms with E-state index in [9.17, 15) is 13.6 Å². The summed E-state index contributed by atoms with van der Waals surface area (Å²) in [5, 5.41) is 3.57. The number of nitrogens with one attached hydrogen (secondary N) is 1. The average molecular weight is 190 g/mol. The summed E-state index contributed by atoms with van der Waals surface area (Å²) in [6, 6.07) is -0.0178. The van der Waals surface area contributed by atoms with Gasteiger partial charge in [0.05, 0.1) is 6.21 Å². The Hall–Kier alpha value is -1.00. The van der Waals surface area contributed by atoms with Crippen LogP contribution in [0.1, 0.15) is 25.7 Å². The Balaban J connectivity index is 2.25. The van der Waals surface area contributed by atoms with Gasteiger partial charge in [-0.05, 0) is 12.8 Å². The molecule has 0 saturated heterocycles. The maximum absolute atomic E-state index is 12.6. The summed E-state index contributed by atoms with van der Waals surface area (Å²) in [4.78, 5) is 9.84. The van der Waals surface area contributed by atoms with Gasteiger partial charge in [0.2, 0.25) is 5.92 Å². The summed E-state index contributed by atoms with van der Waals surface area (Å²) in [5.74, 6) is -2.51. The summed E-state index contributed by atoms with van der Waals surface area (Å²) in [7, 11) is 0. The van der Waals surface area contributed by atoms with Gasteiger partial charge >= 0.3 is 0 Å². The van der Waals surface area contributed by atoms with Gasteiger partial charge in [0.15, 0.2) is 6.29 Å². The number of halogens is 2. The van der Waals surface area contributed by atoms with Crippen molar-refractivity contribution in [2.75, 3.05) is 0 Å². The van der Waals surface area contributed by atoms with E-state index in [0.29, 0.717) is 19.1 Å². The van der Waals surface area contributed by atoms with Crippen molar-refractivity contribution < 1.29 is 13.6 Å². The number of hydrazone groups is 1. The van der Waals surface area contributed by atoms with Crippen LogP contribution in [-0.4, -0.2) is 24.5 Å². The van der Waals surface area contributed by atoms with E-state index in [1.54, 1.807) is 0 Å². The zero-order chi connectivity index (χ0) is 9.73. The van der Waals surface area contributed by atoms with E-state index < -0.39 is 5.92 Å².